The van der Waals surface area contributed by atoms with Crippen molar-refractivity contribution in [2.45, 2.75) is 12.6 Å². The minimum atomic E-state index is -0.475. The molecule has 0 fully saturated rings. The molecule has 0 unspecified atom stereocenters. The number of benzene rings is 3. The highest BCUT2D eigenvalue weighted by Crippen LogP contribution is 2.25. The topological polar surface area (TPSA) is 81.4 Å². The van der Waals surface area contributed by atoms with Crippen LogP contribution >= 0.6 is 0 Å². The van der Waals surface area contributed by atoms with Crippen molar-refractivity contribution in [1.29, 1.82) is 0 Å². The summed E-state index contributed by atoms with van der Waals surface area (Å²) in [5, 5.41) is 2.83. The van der Waals surface area contributed by atoms with E-state index in [1.165, 1.54) is 0 Å². The summed E-state index contributed by atoms with van der Waals surface area (Å²) in [6.07, 6.45) is -0.317. The van der Waals surface area contributed by atoms with E-state index in [1.54, 1.807) is 24.3 Å². The summed E-state index contributed by atoms with van der Waals surface area (Å²) in [7, 11) is 0. The normalized spacial score (nSPS) is 10.6. The number of rotatable bonds is 8. The SMILES string of the molecule is NC(=O)c1ccc(CNC(=O)COC(c2ccccc2)c2ccccc2)cc1. The van der Waals surface area contributed by atoms with Crippen LogP contribution in [0.3, 0.4) is 0 Å². The molecule has 0 aromatic heterocycles. The zero-order valence-electron chi connectivity index (χ0n) is 15.4. The van der Waals surface area contributed by atoms with Crippen molar-refractivity contribution >= 4 is 11.8 Å². The van der Waals surface area contributed by atoms with Gasteiger partial charge in [0.25, 0.3) is 0 Å². The van der Waals surface area contributed by atoms with Crippen molar-refractivity contribution in [3.05, 3.63) is 107 Å². The highest BCUT2D eigenvalue weighted by molar-refractivity contribution is 5.92. The van der Waals surface area contributed by atoms with Gasteiger partial charge in [-0.2, -0.15) is 0 Å². The first kappa shape index (κ1) is 19.3. The largest absolute Gasteiger partial charge is 0.366 e. The maximum Gasteiger partial charge on any atom is 0.248 e. The molecule has 3 rings (SSSR count). The van der Waals surface area contributed by atoms with Crippen LogP contribution in [0.2, 0.25) is 0 Å². The lowest BCUT2D eigenvalue weighted by Gasteiger charge is -2.19. The van der Waals surface area contributed by atoms with Crippen LogP contribution in [0.4, 0.5) is 0 Å². The van der Waals surface area contributed by atoms with Crippen molar-refractivity contribution in [3.8, 4) is 0 Å². The molecule has 0 atom stereocenters. The Morgan fingerprint density at radius 2 is 1.36 bits per heavy atom. The van der Waals surface area contributed by atoms with E-state index in [0.717, 1.165) is 16.7 Å². The molecule has 0 saturated heterocycles. The van der Waals surface area contributed by atoms with Crippen LogP contribution in [-0.2, 0) is 16.1 Å². The smallest absolute Gasteiger partial charge is 0.248 e. The van der Waals surface area contributed by atoms with Gasteiger partial charge >= 0.3 is 0 Å². The van der Waals surface area contributed by atoms with Crippen molar-refractivity contribution in [3.63, 3.8) is 0 Å². The Morgan fingerprint density at radius 3 is 1.86 bits per heavy atom. The fourth-order valence-corrected chi connectivity index (χ4v) is 2.84. The molecule has 3 N–H and O–H groups in total. The second kappa shape index (κ2) is 9.48. The molecule has 0 heterocycles. The zero-order valence-corrected chi connectivity index (χ0v) is 15.4. The number of ether oxygens (including phenoxy) is 1. The molecule has 0 bridgehead atoms. The minimum absolute atomic E-state index is 0.0617. The van der Waals surface area contributed by atoms with E-state index in [-0.39, 0.29) is 18.6 Å². The number of carbonyl (C=O) groups excluding carboxylic acids is 2. The summed E-state index contributed by atoms with van der Waals surface area (Å²) in [4.78, 5) is 23.3. The number of nitrogens with two attached hydrogens (primary N) is 1. The Labute approximate surface area is 164 Å². The van der Waals surface area contributed by atoms with Crippen molar-refractivity contribution in [1.82, 2.24) is 5.32 Å². The molecular formula is C23H22N2O3. The molecule has 28 heavy (non-hydrogen) atoms. The number of hydrogen-bond acceptors (Lipinski definition) is 3. The number of carbonyl (C=O) groups is 2. The zero-order chi connectivity index (χ0) is 19.8. The van der Waals surface area contributed by atoms with Gasteiger partial charge in [0.05, 0.1) is 0 Å². The molecular weight excluding hydrogens is 352 g/mol. The van der Waals surface area contributed by atoms with Crippen molar-refractivity contribution in [2.24, 2.45) is 5.73 Å². The van der Waals surface area contributed by atoms with Gasteiger partial charge in [-0.05, 0) is 28.8 Å². The standard InChI is InChI=1S/C23H22N2O3/c24-23(27)20-13-11-17(12-14-20)15-25-21(26)16-28-22(18-7-3-1-4-8-18)19-9-5-2-6-10-19/h1-14,22H,15-16H2,(H2,24,27)(H,25,26). The summed E-state index contributed by atoms with van der Waals surface area (Å²) in [6, 6.07) is 26.4. The number of amides is 2. The van der Waals surface area contributed by atoms with E-state index < -0.39 is 5.91 Å². The van der Waals surface area contributed by atoms with Crippen LogP contribution in [0.25, 0.3) is 0 Å². The Hall–Kier alpha value is -3.44. The fourth-order valence-electron chi connectivity index (χ4n) is 2.84. The monoisotopic (exact) mass is 374 g/mol. The molecule has 0 spiro atoms. The average molecular weight is 374 g/mol. The number of primary amides is 1. The van der Waals surface area contributed by atoms with Gasteiger partial charge in [-0.25, -0.2) is 0 Å². The van der Waals surface area contributed by atoms with Gasteiger partial charge in [0.15, 0.2) is 0 Å². The minimum Gasteiger partial charge on any atom is -0.366 e. The fraction of sp³-hybridized carbons (Fsp3) is 0.130. The van der Waals surface area contributed by atoms with Crippen LogP contribution in [0, 0.1) is 0 Å². The molecule has 0 saturated carbocycles. The van der Waals surface area contributed by atoms with E-state index in [0.29, 0.717) is 12.1 Å². The lowest BCUT2D eigenvalue weighted by molar-refractivity contribution is -0.127. The van der Waals surface area contributed by atoms with Crippen molar-refractivity contribution in [2.75, 3.05) is 6.61 Å². The lowest BCUT2D eigenvalue weighted by Crippen LogP contribution is -2.28. The maximum atomic E-state index is 12.2. The first-order valence-corrected chi connectivity index (χ1v) is 9.00. The van der Waals surface area contributed by atoms with Gasteiger partial charge in [0, 0.05) is 12.1 Å². The van der Waals surface area contributed by atoms with Crippen LogP contribution in [-0.4, -0.2) is 18.4 Å². The van der Waals surface area contributed by atoms with Crippen LogP contribution in [0.5, 0.6) is 0 Å². The Morgan fingerprint density at radius 1 is 0.821 bits per heavy atom. The molecule has 5 nitrogen and oxygen atoms in total. The highest BCUT2D eigenvalue weighted by Gasteiger charge is 2.16. The van der Waals surface area contributed by atoms with E-state index in [2.05, 4.69) is 5.32 Å². The molecule has 0 aliphatic heterocycles. The molecule has 3 aromatic rings. The molecule has 0 aliphatic carbocycles. The molecule has 3 aromatic carbocycles. The summed E-state index contributed by atoms with van der Waals surface area (Å²) in [5.41, 5.74) is 8.52. The predicted octanol–water partition coefficient (Wildman–Crippen LogP) is 3.21. The van der Waals surface area contributed by atoms with Crippen molar-refractivity contribution < 1.29 is 14.3 Å². The average Bonchev–Trinajstić information content (AvgIpc) is 2.74. The molecule has 0 radical (unpaired) electrons. The molecule has 0 aliphatic rings. The second-order valence-electron chi connectivity index (χ2n) is 6.35. The van der Waals surface area contributed by atoms with Gasteiger partial charge in [-0.1, -0.05) is 72.8 Å². The third-order valence-corrected chi connectivity index (χ3v) is 4.31. The van der Waals surface area contributed by atoms with Gasteiger partial charge < -0.3 is 15.8 Å². The predicted molar refractivity (Wildman–Crippen MR) is 107 cm³/mol. The number of hydrogen-bond donors (Lipinski definition) is 2. The Bertz CT molecular complexity index is 870. The van der Waals surface area contributed by atoms with E-state index in [4.69, 9.17) is 10.5 Å². The third kappa shape index (κ3) is 5.28. The molecule has 2 amide bonds. The Balaban J connectivity index is 1.58. The maximum absolute atomic E-state index is 12.2. The first-order valence-electron chi connectivity index (χ1n) is 9.00. The summed E-state index contributed by atoms with van der Waals surface area (Å²) >= 11 is 0. The third-order valence-electron chi connectivity index (χ3n) is 4.31. The number of nitrogens with one attached hydrogen (secondary N) is 1. The first-order chi connectivity index (χ1) is 13.6. The van der Waals surface area contributed by atoms with Gasteiger partial charge in [-0.15, -0.1) is 0 Å². The van der Waals surface area contributed by atoms with E-state index in [9.17, 15) is 9.59 Å². The van der Waals surface area contributed by atoms with Gasteiger partial charge in [0.1, 0.15) is 12.7 Å². The van der Waals surface area contributed by atoms with E-state index in [1.807, 2.05) is 60.7 Å². The summed E-state index contributed by atoms with van der Waals surface area (Å²) < 4.78 is 5.94. The van der Waals surface area contributed by atoms with Gasteiger partial charge in [0.2, 0.25) is 11.8 Å². The summed E-state index contributed by atoms with van der Waals surface area (Å²) in [6.45, 7) is 0.288. The Kier molecular flexibility index (Phi) is 6.54. The highest BCUT2D eigenvalue weighted by atomic mass is 16.5. The second-order valence-corrected chi connectivity index (χ2v) is 6.35. The van der Waals surface area contributed by atoms with Crippen LogP contribution in [0.1, 0.15) is 33.2 Å². The lowest BCUT2D eigenvalue weighted by atomic mass is 10.0. The van der Waals surface area contributed by atoms with E-state index >= 15 is 0 Å². The molecule has 5 heteroatoms. The quantitative estimate of drug-likeness (QED) is 0.635. The summed E-state index contributed by atoms with van der Waals surface area (Å²) in [5.74, 6) is -0.687. The molecule has 142 valence electrons. The van der Waals surface area contributed by atoms with Gasteiger partial charge in [-0.3, -0.25) is 9.59 Å². The van der Waals surface area contributed by atoms with Crippen LogP contribution in [0.15, 0.2) is 84.9 Å². The van der Waals surface area contributed by atoms with Crippen LogP contribution < -0.4 is 11.1 Å².